The molecule has 0 spiro atoms. The van der Waals surface area contributed by atoms with Crippen molar-refractivity contribution >= 4 is 23.1 Å². The first kappa shape index (κ1) is 25.4. The fourth-order valence-electron chi connectivity index (χ4n) is 3.43. The summed E-state index contributed by atoms with van der Waals surface area (Å²) < 4.78 is 11.8. The molecule has 0 aliphatic heterocycles. The smallest absolute Gasteiger partial charge is 0.180 e. The highest BCUT2D eigenvalue weighted by molar-refractivity contribution is 8.13. The van der Waals surface area contributed by atoms with E-state index in [0.29, 0.717) is 11.8 Å². The Morgan fingerprint density at radius 1 is 1.00 bits per heavy atom. The van der Waals surface area contributed by atoms with Crippen LogP contribution in [0.2, 0.25) is 0 Å². The summed E-state index contributed by atoms with van der Waals surface area (Å²) in [5.41, 5.74) is 11.3. The molecule has 3 rings (SSSR count). The highest BCUT2D eigenvalue weighted by Gasteiger charge is 2.19. The van der Waals surface area contributed by atoms with Gasteiger partial charge >= 0.3 is 0 Å². The van der Waals surface area contributed by atoms with Gasteiger partial charge in [-0.3, -0.25) is 0 Å². The number of hydrogen-bond acceptors (Lipinski definition) is 5. The number of nitrogens with zero attached hydrogens (tertiary/aromatic N) is 2. The maximum atomic E-state index is 6.27. The maximum Gasteiger partial charge on any atom is 0.180 e. The Morgan fingerprint density at radius 2 is 1.76 bits per heavy atom. The average Bonchev–Trinajstić information content (AvgIpc) is 2.81. The Balaban J connectivity index is 1.70. The van der Waals surface area contributed by atoms with E-state index in [0.717, 1.165) is 33.9 Å². The molecule has 0 unspecified atom stereocenters. The summed E-state index contributed by atoms with van der Waals surface area (Å²) in [4.78, 5) is 0. The number of benzene rings is 3. The molecule has 0 heterocycles. The second-order valence-electron chi connectivity index (χ2n) is 9.07. The van der Waals surface area contributed by atoms with Crippen molar-refractivity contribution in [2.24, 2.45) is 15.9 Å². The normalized spacial score (nSPS) is 12.2. The van der Waals surface area contributed by atoms with E-state index >= 15 is 0 Å². The Labute approximate surface area is 207 Å². The van der Waals surface area contributed by atoms with Gasteiger partial charge in [-0.25, -0.2) is 0 Å². The van der Waals surface area contributed by atoms with Crippen LogP contribution in [-0.4, -0.2) is 18.5 Å². The Hall–Kier alpha value is -3.25. The molecule has 0 amide bonds. The van der Waals surface area contributed by atoms with Crippen molar-refractivity contribution in [2.75, 3.05) is 7.11 Å². The predicted octanol–water partition coefficient (Wildman–Crippen LogP) is 6.46. The lowest BCUT2D eigenvalue weighted by atomic mass is 9.86. The van der Waals surface area contributed by atoms with Gasteiger partial charge in [0.05, 0.1) is 13.3 Å². The van der Waals surface area contributed by atoms with Gasteiger partial charge in [-0.2, -0.15) is 5.10 Å². The van der Waals surface area contributed by atoms with Crippen molar-refractivity contribution in [2.45, 2.75) is 45.5 Å². The van der Waals surface area contributed by atoms with Gasteiger partial charge in [0.2, 0.25) is 0 Å². The van der Waals surface area contributed by atoms with Crippen molar-refractivity contribution in [1.82, 2.24) is 0 Å². The van der Waals surface area contributed by atoms with E-state index in [1.54, 1.807) is 13.3 Å². The number of nitrogens with two attached hydrogens (primary N) is 1. The molecule has 0 atom stereocenters. The van der Waals surface area contributed by atoms with Crippen LogP contribution < -0.4 is 15.2 Å². The fourth-order valence-corrected chi connectivity index (χ4v) is 4.04. The zero-order valence-electron chi connectivity index (χ0n) is 20.5. The van der Waals surface area contributed by atoms with E-state index in [9.17, 15) is 0 Å². The Morgan fingerprint density at radius 3 is 2.47 bits per heavy atom. The molecule has 5 nitrogen and oxygen atoms in total. The maximum absolute atomic E-state index is 6.27. The molecule has 0 aliphatic carbocycles. The molecule has 0 aromatic heterocycles. The molecule has 3 aromatic rings. The standard InChI is InChI=1S/C28H33N3O2S/c1-20-11-13-24(28(2,3)4)26(15-20)33-18-23-16-22(12-14-25(23)32-5)17-30-31-27(29)34-19-21-9-7-6-8-10-21/h6-17H,18-19H2,1-5H3,(H2,29,31). The molecular weight excluding hydrogens is 442 g/mol. The minimum absolute atomic E-state index is 0.0158. The van der Waals surface area contributed by atoms with Crippen molar-refractivity contribution in [3.8, 4) is 11.5 Å². The molecule has 0 saturated carbocycles. The zero-order chi connectivity index (χ0) is 24.6. The summed E-state index contributed by atoms with van der Waals surface area (Å²) in [6, 6.07) is 22.3. The first-order chi connectivity index (χ1) is 16.3. The lowest BCUT2D eigenvalue weighted by Crippen LogP contribution is -2.13. The molecule has 0 saturated heterocycles. The van der Waals surface area contributed by atoms with Crippen LogP contribution in [0.5, 0.6) is 11.5 Å². The summed E-state index contributed by atoms with van der Waals surface area (Å²) >= 11 is 1.46. The van der Waals surface area contributed by atoms with E-state index in [4.69, 9.17) is 15.2 Å². The second-order valence-corrected chi connectivity index (χ2v) is 10.1. The number of methoxy groups -OCH3 is 1. The van der Waals surface area contributed by atoms with E-state index in [1.807, 2.05) is 36.4 Å². The van der Waals surface area contributed by atoms with Gasteiger partial charge in [0.15, 0.2) is 5.17 Å². The molecule has 6 heteroatoms. The number of aryl methyl sites for hydroxylation is 1. The van der Waals surface area contributed by atoms with Crippen LogP contribution in [0.1, 0.15) is 48.6 Å². The van der Waals surface area contributed by atoms with E-state index in [2.05, 4.69) is 68.2 Å². The van der Waals surface area contributed by atoms with Crippen LogP contribution in [0, 0.1) is 6.92 Å². The average molecular weight is 476 g/mol. The second kappa shape index (κ2) is 11.7. The van der Waals surface area contributed by atoms with Gasteiger partial charge < -0.3 is 15.2 Å². The lowest BCUT2D eigenvalue weighted by Gasteiger charge is -2.23. The molecule has 3 aromatic carbocycles. The van der Waals surface area contributed by atoms with Gasteiger partial charge in [-0.05, 0) is 58.9 Å². The molecular formula is C28H33N3O2S. The minimum Gasteiger partial charge on any atom is -0.496 e. The number of amidine groups is 1. The predicted molar refractivity (Wildman–Crippen MR) is 144 cm³/mol. The molecule has 0 fully saturated rings. The van der Waals surface area contributed by atoms with Crippen molar-refractivity contribution < 1.29 is 9.47 Å². The van der Waals surface area contributed by atoms with Crippen LogP contribution in [0.25, 0.3) is 0 Å². The molecule has 178 valence electrons. The third-order valence-electron chi connectivity index (χ3n) is 5.23. The third-order valence-corrected chi connectivity index (χ3v) is 6.08. The van der Waals surface area contributed by atoms with Crippen LogP contribution in [0.3, 0.4) is 0 Å². The van der Waals surface area contributed by atoms with Crippen molar-refractivity contribution in [3.63, 3.8) is 0 Å². The van der Waals surface area contributed by atoms with E-state index in [-0.39, 0.29) is 5.41 Å². The van der Waals surface area contributed by atoms with E-state index in [1.165, 1.54) is 22.9 Å². The monoisotopic (exact) mass is 475 g/mol. The highest BCUT2D eigenvalue weighted by Crippen LogP contribution is 2.33. The molecule has 0 radical (unpaired) electrons. The summed E-state index contributed by atoms with van der Waals surface area (Å²) in [5, 5.41) is 8.70. The lowest BCUT2D eigenvalue weighted by molar-refractivity contribution is 0.289. The highest BCUT2D eigenvalue weighted by atomic mass is 32.2. The Kier molecular flexibility index (Phi) is 8.77. The minimum atomic E-state index is -0.0158. The van der Waals surface area contributed by atoms with Gasteiger partial charge in [0.1, 0.15) is 18.1 Å². The van der Waals surface area contributed by atoms with Gasteiger partial charge in [0, 0.05) is 11.3 Å². The first-order valence-corrected chi connectivity index (χ1v) is 12.2. The summed E-state index contributed by atoms with van der Waals surface area (Å²) in [5.74, 6) is 2.41. The van der Waals surface area contributed by atoms with Gasteiger partial charge in [-0.15, -0.1) is 5.10 Å². The topological polar surface area (TPSA) is 69.2 Å². The SMILES string of the molecule is COc1ccc(C=NN=C(N)SCc2ccccc2)cc1COc1cc(C)ccc1C(C)(C)C. The first-order valence-electron chi connectivity index (χ1n) is 11.2. The Bertz CT molecular complexity index is 1150. The van der Waals surface area contributed by atoms with Gasteiger partial charge in [-0.1, -0.05) is 75.0 Å². The number of ether oxygens (including phenoxy) is 2. The molecule has 2 N–H and O–H groups in total. The quantitative estimate of drug-likeness (QED) is 0.230. The van der Waals surface area contributed by atoms with Crippen molar-refractivity contribution in [3.05, 3.63) is 94.5 Å². The van der Waals surface area contributed by atoms with E-state index < -0.39 is 0 Å². The zero-order valence-corrected chi connectivity index (χ0v) is 21.4. The molecule has 0 aliphatic rings. The summed E-state index contributed by atoms with van der Waals surface area (Å²) in [6.07, 6.45) is 1.69. The number of rotatable bonds is 8. The van der Waals surface area contributed by atoms with Gasteiger partial charge in [0.25, 0.3) is 0 Å². The largest absolute Gasteiger partial charge is 0.496 e. The number of hydrogen-bond donors (Lipinski definition) is 1. The van der Waals surface area contributed by atoms with Crippen LogP contribution in [0.4, 0.5) is 0 Å². The number of thioether (sulfide) groups is 1. The fraction of sp³-hybridized carbons (Fsp3) is 0.286. The van der Waals surface area contributed by atoms with Crippen LogP contribution >= 0.6 is 11.8 Å². The van der Waals surface area contributed by atoms with Crippen molar-refractivity contribution in [1.29, 1.82) is 0 Å². The third kappa shape index (κ3) is 7.39. The van der Waals surface area contributed by atoms with Crippen LogP contribution in [0.15, 0.2) is 76.9 Å². The molecule has 0 bridgehead atoms. The summed E-state index contributed by atoms with van der Waals surface area (Å²) in [6.45, 7) is 9.02. The summed E-state index contributed by atoms with van der Waals surface area (Å²) in [7, 11) is 1.66. The molecule has 34 heavy (non-hydrogen) atoms. The van der Waals surface area contributed by atoms with Crippen LogP contribution in [-0.2, 0) is 17.8 Å².